The number of carbonyl (C=O) groups is 2. The Morgan fingerprint density at radius 1 is 0.762 bits per heavy atom. The van der Waals surface area contributed by atoms with Gasteiger partial charge in [-0.1, -0.05) is 18.2 Å². The second-order valence-corrected chi connectivity index (χ2v) is 4.00. The number of aromatic hydroxyl groups is 1. The zero-order chi connectivity index (χ0) is 15.4. The number of azo groups is 1. The molecule has 0 aromatic heterocycles. The standard InChI is InChI=1S/C14H10N2O5/c17-12-9(14(20)21)5-3-7-11(12)16-15-10-6-2-1-4-8(10)13(18)19/h1-7,17H,(H,18,19)(H,20,21). The Kier molecular flexibility index (Phi) is 3.94. The van der Waals surface area contributed by atoms with Crippen molar-refractivity contribution < 1.29 is 24.9 Å². The number of rotatable bonds is 4. The van der Waals surface area contributed by atoms with Crippen LogP contribution >= 0.6 is 0 Å². The Hall–Kier alpha value is -3.22. The average molecular weight is 286 g/mol. The first-order valence-electron chi connectivity index (χ1n) is 5.80. The number of benzene rings is 2. The summed E-state index contributed by atoms with van der Waals surface area (Å²) in [5.74, 6) is -2.98. The summed E-state index contributed by atoms with van der Waals surface area (Å²) in [5, 5.41) is 35.1. The molecule has 0 heterocycles. The third kappa shape index (κ3) is 3.03. The molecule has 21 heavy (non-hydrogen) atoms. The first-order valence-corrected chi connectivity index (χ1v) is 5.80. The highest BCUT2D eigenvalue weighted by molar-refractivity contribution is 5.93. The predicted molar refractivity (Wildman–Crippen MR) is 72.6 cm³/mol. The van der Waals surface area contributed by atoms with Crippen LogP contribution in [0, 0.1) is 0 Å². The maximum absolute atomic E-state index is 11.0. The number of hydrogen-bond acceptors (Lipinski definition) is 5. The van der Waals surface area contributed by atoms with E-state index in [9.17, 15) is 14.7 Å². The number of nitrogens with zero attached hydrogens (tertiary/aromatic N) is 2. The molecule has 7 nitrogen and oxygen atoms in total. The van der Waals surface area contributed by atoms with Crippen LogP contribution in [-0.4, -0.2) is 27.3 Å². The maximum atomic E-state index is 11.0. The van der Waals surface area contributed by atoms with Crippen LogP contribution < -0.4 is 0 Å². The van der Waals surface area contributed by atoms with E-state index in [-0.39, 0.29) is 22.5 Å². The third-order valence-electron chi connectivity index (χ3n) is 2.65. The van der Waals surface area contributed by atoms with Gasteiger partial charge in [-0.25, -0.2) is 9.59 Å². The van der Waals surface area contributed by atoms with Gasteiger partial charge in [0.1, 0.15) is 16.9 Å². The summed E-state index contributed by atoms with van der Waals surface area (Å²) in [6, 6.07) is 9.95. The van der Waals surface area contributed by atoms with Crippen LogP contribution in [0.2, 0.25) is 0 Å². The Morgan fingerprint density at radius 2 is 1.29 bits per heavy atom. The van der Waals surface area contributed by atoms with E-state index >= 15 is 0 Å². The van der Waals surface area contributed by atoms with Gasteiger partial charge in [0, 0.05) is 0 Å². The number of aromatic carboxylic acids is 2. The Morgan fingerprint density at radius 3 is 1.95 bits per heavy atom. The van der Waals surface area contributed by atoms with Crippen molar-refractivity contribution in [1.29, 1.82) is 0 Å². The first-order chi connectivity index (χ1) is 10.0. The summed E-state index contributed by atoms with van der Waals surface area (Å²) in [4.78, 5) is 21.9. The van der Waals surface area contributed by atoms with E-state index in [0.717, 1.165) is 0 Å². The number of hydrogen-bond donors (Lipinski definition) is 3. The van der Waals surface area contributed by atoms with Crippen LogP contribution in [0.25, 0.3) is 0 Å². The van der Waals surface area contributed by atoms with Crippen LogP contribution in [0.5, 0.6) is 5.75 Å². The molecular weight excluding hydrogens is 276 g/mol. The van der Waals surface area contributed by atoms with Crippen LogP contribution in [0.4, 0.5) is 11.4 Å². The van der Waals surface area contributed by atoms with Gasteiger partial charge in [-0.2, -0.15) is 0 Å². The normalized spacial score (nSPS) is 10.7. The summed E-state index contributed by atoms with van der Waals surface area (Å²) in [6.07, 6.45) is 0. The highest BCUT2D eigenvalue weighted by Crippen LogP contribution is 2.32. The summed E-state index contributed by atoms with van der Waals surface area (Å²) in [6.45, 7) is 0. The van der Waals surface area contributed by atoms with Crippen molar-refractivity contribution in [3.63, 3.8) is 0 Å². The van der Waals surface area contributed by atoms with Crippen LogP contribution in [0.15, 0.2) is 52.7 Å². The summed E-state index contributed by atoms with van der Waals surface area (Å²) in [7, 11) is 0. The van der Waals surface area contributed by atoms with Gasteiger partial charge in [-0.3, -0.25) is 0 Å². The molecule has 7 heteroatoms. The summed E-state index contributed by atoms with van der Waals surface area (Å²) in [5.41, 5.74) is -0.312. The smallest absolute Gasteiger partial charge is 0.339 e. The van der Waals surface area contributed by atoms with Crippen molar-refractivity contribution in [2.24, 2.45) is 10.2 Å². The second-order valence-electron chi connectivity index (χ2n) is 4.00. The van der Waals surface area contributed by atoms with E-state index in [0.29, 0.717) is 0 Å². The van der Waals surface area contributed by atoms with E-state index < -0.39 is 17.7 Å². The minimum atomic E-state index is -1.30. The van der Waals surface area contributed by atoms with Gasteiger partial charge in [-0.15, -0.1) is 10.2 Å². The van der Waals surface area contributed by atoms with Gasteiger partial charge in [0.2, 0.25) is 0 Å². The number of phenols is 1. The molecule has 0 bridgehead atoms. The predicted octanol–water partition coefficient (Wildman–Crippen LogP) is 3.20. The number of carboxylic acid groups (broad SMARTS) is 2. The lowest BCUT2D eigenvalue weighted by atomic mass is 10.2. The summed E-state index contributed by atoms with van der Waals surface area (Å²) < 4.78 is 0. The van der Waals surface area contributed by atoms with E-state index in [4.69, 9.17) is 10.2 Å². The molecule has 0 unspecified atom stereocenters. The molecule has 2 aromatic rings. The van der Waals surface area contributed by atoms with E-state index in [2.05, 4.69) is 10.2 Å². The topological polar surface area (TPSA) is 120 Å². The minimum Gasteiger partial charge on any atom is -0.505 e. The molecule has 0 aliphatic rings. The molecule has 2 aromatic carbocycles. The Labute approximate surface area is 118 Å². The molecule has 0 amide bonds. The minimum absolute atomic E-state index is 0.0462. The Bertz CT molecular complexity index is 740. The third-order valence-corrected chi connectivity index (χ3v) is 2.65. The molecule has 0 saturated carbocycles. The van der Waals surface area contributed by atoms with Crippen molar-refractivity contribution in [1.82, 2.24) is 0 Å². The van der Waals surface area contributed by atoms with Gasteiger partial charge in [0.25, 0.3) is 0 Å². The lowest BCUT2D eigenvalue weighted by molar-refractivity contribution is 0.0684. The molecule has 0 saturated heterocycles. The van der Waals surface area contributed by atoms with Crippen molar-refractivity contribution in [2.75, 3.05) is 0 Å². The van der Waals surface area contributed by atoms with E-state index in [1.54, 1.807) is 12.1 Å². The molecule has 106 valence electrons. The number of carboxylic acids is 2. The molecule has 3 N–H and O–H groups in total. The zero-order valence-electron chi connectivity index (χ0n) is 10.6. The fourth-order valence-electron chi connectivity index (χ4n) is 1.63. The second kappa shape index (κ2) is 5.83. The molecule has 0 aliphatic heterocycles. The average Bonchev–Trinajstić information content (AvgIpc) is 2.46. The van der Waals surface area contributed by atoms with Crippen LogP contribution in [-0.2, 0) is 0 Å². The van der Waals surface area contributed by atoms with Gasteiger partial charge in [0.15, 0.2) is 5.75 Å². The monoisotopic (exact) mass is 286 g/mol. The molecule has 0 atom stereocenters. The van der Waals surface area contributed by atoms with Crippen LogP contribution in [0.3, 0.4) is 0 Å². The number of para-hydroxylation sites is 1. The fraction of sp³-hybridized carbons (Fsp3) is 0. The van der Waals surface area contributed by atoms with Crippen molar-refractivity contribution in [3.8, 4) is 5.75 Å². The van der Waals surface area contributed by atoms with Gasteiger partial charge >= 0.3 is 11.9 Å². The lowest BCUT2D eigenvalue weighted by Crippen LogP contribution is -1.96. The quantitative estimate of drug-likeness (QED) is 0.745. The van der Waals surface area contributed by atoms with E-state index in [1.165, 1.54) is 30.3 Å². The van der Waals surface area contributed by atoms with E-state index in [1.807, 2.05) is 0 Å². The van der Waals surface area contributed by atoms with Gasteiger partial charge in [-0.05, 0) is 24.3 Å². The molecular formula is C14H10N2O5. The zero-order valence-corrected chi connectivity index (χ0v) is 10.6. The van der Waals surface area contributed by atoms with Gasteiger partial charge < -0.3 is 15.3 Å². The Balaban J connectivity index is 2.41. The SMILES string of the molecule is O=C(O)c1ccccc1N=Nc1cccc(C(=O)O)c1O. The molecule has 0 radical (unpaired) electrons. The highest BCUT2D eigenvalue weighted by Gasteiger charge is 2.13. The van der Waals surface area contributed by atoms with Crippen molar-refractivity contribution in [2.45, 2.75) is 0 Å². The van der Waals surface area contributed by atoms with Gasteiger partial charge in [0.05, 0.1) is 5.56 Å². The maximum Gasteiger partial charge on any atom is 0.339 e. The lowest BCUT2D eigenvalue weighted by Gasteiger charge is -2.02. The fourth-order valence-corrected chi connectivity index (χ4v) is 1.63. The first kappa shape index (κ1) is 14.2. The van der Waals surface area contributed by atoms with Crippen LogP contribution in [0.1, 0.15) is 20.7 Å². The molecule has 0 spiro atoms. The molecule has 0 aliphatic carbocycles. The molecule has 0 fully saturated rings. The highest BCUT2D eigenvalue weighted by atomic mass is 16.4. The van der Waals surface area contributed by atoms with Crippen molar-refractivity contribution in [3.05, 3.63) is 53.6 Å². The molecule has 2 rings (SSSR count). The largest absolute Gasteiger partial charge is 0.505 e. The summed E-state index contributed by atoms with van der Waals surface area (Å²) >= 11 is 0. The van der Waals surface area contributed by atoms with Crippen molar-refractivity contribution >= 4 is 23.3 Å².